The monoisotopic (exact) mass is 290 g/mol. The highest BCUT2D eigenvalue weighted by molar-refractivity contribution is 7.78. The van der Waals surface area contributed by atoms with E-state index in [1.807, 2.05) is 72.8 Å². The number of nitrogens with one attached hydrogen (secondary N) is 2. The van der Waals surface area contributed by atoms with Gasteiger partial charge in [0.25, 0.3) is 0 Å². The first-order valence-electron chi connectivity index (χ1n) is 4.91. The van der Waals surface area contributed by atoms with Crippen LogP contribution in [0.1, 0.15) is 7.43 Å². The third-order valence-electron chi connectivity index (χ3n) is 1.33. The van der Waals surface area contributed by atoms with Crippen LogP contribution in [0.4, 0.5) is 0 Å². The lowest BCUT2D eigenvalue weighted by molar-refractivity contribution is 1.61. The van der Waals surface area contributed by atoms with Gasteiger partial charge in [0.05, 0.1) is 10.3 Å². The highest BCUT2D eigenvalue weighted by Gasteiger charge is 1.58. The maximum atomic E-state index is 5.77. The lowest BCUT2D eigenvalue weighted by Crippen LogP contribution is -1.47. The molecule has 2 rings (SSSR count). The Labute approximate surface area is 126 Å². The Morgan fingerprint density at radius 3 is 0.579 bits per heavy atom. The maximum absolute atomic E-state index is 5.77. The van der Waals surface area contributed by atoms with Crippen LogP contribution in [0.3, 0.4) is 0 Å². The van der Waals surface area contributed by atoms with Crippen molar-refractivity contribution in [3.8, 4) is 0 Å². The van der Waals surface area contributed by atoms with Crippen molar-refractivity contribution in [1.82, 2.24) is 0 Å². The molecule has 0 heterocycles. The number of hydrogen-bond donors (Lipinski definition) is 2. The SMILES string of the molecule is C.N=C=S.N=C=S.c1ccccc1.c1ccccc1. The second-order valence-corrected chi connectivity index (χ2v) is 2.92. The van der Waals surface area contributed by atoms with Crippen LogP contribution in [0.5, 0.6) is 0 Å². The van der Waals surface area contributed by atoms with Gasteiger partial charge in [0.2, 0.25) is 0 Å². The van der Waals surface area contributed by atoms with Gasteiger partial charge in [-0.2, -0.15) is 0 Å². The molecule has 19 heavy (non-hydrogen) atoms. The van der Waals surface area contributed by atoms with Crippen molar-refractivity contribution in [3.63, 3.8) is 0 Å². The zero-order valence-corrected chi connectivity index (χ0v) is 11.4. The molecule has 0 unspecified atom stereocenters. The topological polar surface area (TPSA) is 47.7 Å². The van der Waals surface area contributed by atoms with Crippen molar-refractivity contribution in [1.29, 1.82) is 10.8 Å². The average molecular weight is 290 g/mol. The quantitative estimate of drug-likeness (QED) is 0.508. The van der Waals surface area contributed by atoms with Crippen LogP contribution in [0.15, 0.2) is 72.8 Å². The molecule has 2 aromatic rings. The summed E-state index contributed by atoms with van der Waals surface area (Å²) >= 11 is 7.62. The molecule has 0 aliphatic carbocycles. The number of benzene rings is 2. The zero-order valence-electron chi connectivity index (χ0n) is 9.74. The summed E-state index contributed by atoms with van der Waals surface area (Å²) in [5.74, 6) is 0. The van der Waals surface area contributed by atoms with Gasteiger partial charge in [-0.15, -0.1) is 0 Å². The Hall–Kier alpha value is -1.96. The van der Waals surface area contributed by atoms with Crippen LogP contribution in [0.2, 0.25) is 0 Å². The summed E-state index contributed by atoms with van der Waals surface area (Å²) in [4.78, 5) is 0. The minimum absolute atomic E-state index is 0. The molecule has 0 aliphatic rings. The summed E-state index contributed by atoms with van der Waals surface area (Å²) in [5.41, 5.74) is 0. The number of isothiocyanates is 2. The molecule has 0 atom stereocenters. The van der Waals surface area contributed by atoms with E-state index in [1.54, 1.807) is 10.3 Å². The minimum atomic E-state index is 0. The van der Waals surface area contributed by atoms with Gasteiger partial charge in [-0.25, -0.2) is 10.8 Å². The van der Waals surface area contributed by atoms with Crippen LogP contribution < -0.4 is 0 Å². The molecule has 2 nitrogen and oxygen atoms in total. The Morgan fingerprint density at radius 2 is 0.526 bits per heavy atom. The Bertz CT molecular complexity index is 321. The van der Waals surface area contributed by atoms with Crippen LogP contribution in [0, 0.1) is 10.8 Å². The highest BCUT2D eigenvalue weighted by Crippen LogP contribution is 1.80. The predicted molar refractivity (Wildman–Crippen MR) is 90.3 cm³/mol. The lowest BCUT2D eigenvalue weighted by atomic mass is 10.4. The van der Waals surface area contributed by atoms with E-state index < -0.39 is 0 Å². The van der Waals surface area contributed by atoms with Crippen molar-refractivity contribution >= 4 is 34.8 Å². The van der Waals surface area contributed by atoms with Crippen molar-refractivity contribution in [2.45, 2.75) is 7.43 Å². The van der Waals surface area contributed by atoms with Gasteiger partial charge >= 0.3 is 0 Å². The molecule has 0 saturated heterocycles. The fraction of sp³-hybridized carbons (Fsp3) is 0.0667. The molecule has 0 spiro atoms. The first-order chi connectivity index (χ1) is 8.83. The molecule has 0 aliphatic heterocycles. The second-order valence-electron chi connectivity index (χ2n) is 2.51. The molecule has 2 aromatic carbocycles. The molecule has 0 saturated carbocycles. The molecule has 0 aromatic heterocycles. The van der Waals surface area contributed by atoms with Crippen molar-refractivity contribution in [2.75, 3.05) is 0 Å². The van der Waals surface area contributed by atoms with E-state index in [0.717, 1.165) is 0 Å². The van der Waals surface area contributed by atoms with Crippen LogP contribution in [0.25, 0.3) is 0 Å². The normalized spacial score (nSPS) is 5.89. The maximum Gasteiger partial charge on any atom is 0.0554 e. The molecular weight excluding hydrogens is 272 g/mol. The zero-order chi connectivity index (χ0) is 13.9. The molecule has 2 N–H and O–H groups in total. The molecule has 0 amide bonds. The first-order valence-corrected chi connectivity index (χ1v) is 5.72. The summed E-state index contributed by atoms with van der Waals surface area (Å²) in [6.45, 7) is 0. The lowest BCUT2D eigenvalue weighted by Gasteiger charge is -1.69. The van der Waals surface area contributed by atoms with Crippen molar-refractivity contribution < 1.29 is 0 Å². The van der Waals surface area contributed by atoms with Gasteiger partial charge in [0.15, 0.2) is 0 Å². The van der Waals surface area contributed by atoms with E-state index in [-0.39, 0.29) is 7.43 Å². The summed E-state index contributed by atoms with van der Waals surface area (Å²) in [5, 5.41) is 14.7. The average Bonchev–Trinajstić information content (AvgIpc) is 2.45. The van der Waals surface area contributed by atoms with Gasteiger partial charge in [0.1, 0.15) is 0 Å². The number of rotatable bonds is 0. The predicted octanol–water partition coefficient (Wildman–Crippen LogP) is 5.35. The summed E-state index contributed by atoms with van der Waals surface area (Å²) in [6.07, 6.45) is 0. The fourth-order valence-electron chi connectivity index (χ4n) is 0.770. The molecule has 100 valence electrons. The summed E-state index contributed by atoms with van der Waals surface area (Å²) < 4.78 is 0. The number of thiocarbonyl (C=S) groups is 2. The Kier molecular flexibility index (Phi) is 29.3. The smallest absolute Gasteiger partial charge is 0.0554 e. The van der Waals surface area contributed by atoms with Crippen LogP contribution in [-0.2, 0) is 0 Å². The fourth-order valence-corrected chi connectivity index (χ4v) is 0.770. The van der Waals surface area contributed by atoms with E-state index in [9.17, 15) is 0 Å². The van der Waals surface area contributed by atoms with Gasteiger partial charge < -0.3 is 0 Å². The van der Waals surface area contributed by atoms with E-state index in [4.69, 9.17) is 10.8 Å². The van der Waals surface area contributed by atoms with Gasteiger partial charge in [-0.1, -0.05) is 80.2 Å². The molecule has 0 fully saturated rings. The molecular formula is C15H18N2S2. The molecule has 0 radical (unpaired) electrons. The number of hydrogen-bond acceptors (Lipinski definition) is 4. The minimum Gasteiger partial charge on any atom is -0.248 e. The van der Waals surface area contributed by atoms with E-state index in [1.165, 1.54) is 0 Å². The van der Waals surface area contributed by atoms with Gasteiger partial charge in [0, 0.05) is 0 Å². The van der Waals surface area contributed by atoms with Gasteiger partial charge in [-0.05, 0) is 24.4 Å². The van der Waals surface area contributed by atoms with Crippen LogP contribution in [-0.4, -0.2) is 10.3 Å². The first kappa shape index (κ1) is 22.2. The van der Waals surface area contributed by atoms with E-state index >= 15 is 0 Å². The van der Waals surface area contributed by atoms with Crippen LogP contribution >= 0.6 is 24.4 Å². The Morgan fingerprint density at radius 1 is 0.474 bits per heavy atom. The largest absolute Gasteiger partial charge is 0.248 e. The van der Waals surface area contributed by atoms with E-state index in [0.29, 0.717) is 0 Å². The highest BCUT2D eigenvalue weighted by atomic mass is 32.1. The third kappa shape index (κ3) is 31.4. The molecule has 0 bridgehead atoms. The van der Waals surface area contributed by atoms with Crippen molar-refractivity contribution in [3.05, 3.63) is 72.8 Å². The second kappa shape index (κ2) is 25.0. The summed E-state index contributed by atoms with van der Waals surface area (Å²) in [7, 11) is 0. The van der Waals surface area contributed by atoms with Crippen molar-refractivity contribution in [2.24, 2.45) is 0 Å². The Balaban J connectivity index is -0.000000188. The third-order valence-corrected chi connectivity index (χ3v) is 1.33. The standard InChI is InChI=1S/2C6H6.2CHNS.CH4/c2*1-2-4-6-5-3-1;2*2-1-3;/h2*1-6H;2*2H;1H4. The molecule has 4 heteroatoms. The summed E-state index contributed by atoms with van der Waals surface area (Å²) in [6, 6.07) is 24.0. The van der Waals surface area contributed by atoms with Gasteiger partial charge in [-0.3, -0.25) is 0 Å². The van der Waals surface area contributed by atoms with E-state index in [2.05, 4.69) is 24.4 Å².